The standard InChI is InChI=1S/C19H26N6O5S2/c20-13(3-11-5-22-9-24-11)18(27)29-7-15-16(32-17(31-15)1-2-26)8-30-19(28)14(21)4-12-6-23-10-25-12/h2,5-6,9-10,13-17H,1,3-4,7-8,20-21H2,(H,22,24)(H,23,25)/t13-,14-,15-,16+,17?/m0/s1. The number of aromatic nitrogens is 4. The fraction of sp³-hybridized carbons (Fsp3) is 0.526. The van der Waals surface area contributed by atoms with Crippen molar-refractivity contribution in [1.29, 1.82) is 0 Å². The molecular weight excluding hydrogens is 456 g/mol. The monoisotopic (exact) mass is 482 g/mol. The first-order chi connectivity index (χ1) is 15.5. The summed E-state index contributed by atoms with van der Waals surface area (Å²) in [5.74, 6) is -1.05. The number of ether oxygens (including phenoxy) is 2. The number of aldehydes is 1. The molecule has 6 N–H and O–H groups in total. The molecule has 1 unspecified atom stereocenters. The van der Waals surface area contributed by atoms with Crippen molar-refractivity contribution in [1.82, 2.24) is 19.9 Å². The van der Waals surface area contributed by atoms with E-state index in [0.29, 0.717) is 6.42 Å². The van der Waals surface area contributed by atoms with E-state index in [1.165, 1.54) is 36.2 Å². The predicted octanol–water partition coefficient (Wildman–Crippen LogP) is -0.209. The van der Waals surface area contributed by atoms with Gasteiger partial charge in [-0.05, 0) is 0 Å². The van der Waals surface area contributed by atoms with Crippen LogP contribution in [0.5, 0.6) is 0 Å². The summed E-state index contributed by atoms with van der Waals surface area (Å²) in [5.41, 5.74) is 13.3. The van der Waals surface area contributed by atoms with E-state index in [4.69, 9.17) is 20.9 Å². The average Bonchev–Trinajstić information content (AvgIpc) is 3.53. The second-order valence-electron chi connectivity index (χ2n) is 7.22. The number of carbonyl (C=O) groups is 3. The molecule has 32 heavy (non-hydrogen) atoms. The third-order valence-electron chi connectivity index (χ3n) is 4.73. The molecule has 0 aliphatic carbocycles. The van der Waals surface area contributed by atoms with Gasteiger partial charge in [-0.15, -0.1) is 23.5 Å². The molecule has 0 radical (unpaired) electrons. The summed E-state index contributed by atoms with van der Waals surface area (Å²) in [5, 5.41) is -0.297. The topological polar surface area (TPSA) is 179 Å². The van der Waals surface area contributed by atoms with Gasteiger partial charge in [0.2, 0.25) is 0 Å². The van der Waals surface area contributed by atoms with Gasteiger partial charge in [0.25, 0.3) is 0 Å². The van der Waals surface area contributed by atoms with E-state index in [0.717, 1.165) is 17.7 Å². The summed E-state index contributed by atoms with van der Waals surface area (Å²) in [6, 6.07) is -1.64. The van der Waals surface area contributed by atoms with Crippen molar-refractivity contribution < 1.29 is 23.9 Å². The Morgan fingerprint density at radius 2 is 1.44 bits per heavy atom. The summed E-state index contributed by atoms with van der Waals surface area (Å²) in [7, 11) is 0. The maximum Gasteiger partial charge on any atom is 0.323 e. The molecule has 1 aliphatic heterocycles. The van der Waals surface area contributed by atoms with Crippen molar-refractivity contribution in [2.45, 2.75) is 46.4 Å². The average molecular weight is 483 g/mol. The van der Waals surface area contributed by atoms with Gasteiger partial charge in [-0.1, -0.05) is 0 Å². The van der Waals surface area contributed by atoms with Crippen LogP contribution >= 0.6 is 23.5 Å². The minimum absolute atomic E-state index is 0.00256. The van der Waals surface area contributed by atoms with Gasteiger partial charge in [-0.25, -0.2) is 9.97 Å². The van der Waals surface area contributed by atoms with Crippen LogP contribution in [0, 0.1) is 0 Å². The highest BCUT2D eigenvalue weighted by Crippen LogP contribution is 2.45. The van der Waals surface area contributed by atoms with E-state index < -0.39 is 24.0 Å². The second-order valence-corrected chi connectivity index (χ2v) is 10.4. The molecule has 1 fully saturated rings. The van der Waals surface area contributed by atoms with Crippen LogP contribution < -0.4 is 11.5 Å². The minimum atomic E-state index is -0.822. The lowest BCUT2D eigenvalue weighted by Crippen LogP contribution is -2.38. The second kappa shape index (κ2) is 12.0. The number of imidazole rings is 2. The zero-order valence-corrected chi connectivity index (χ0v) is 18.8. The van der Waals surface area contributed by atoms with E-state index in [-0.39, 0.29) is 41.1 Å². The number of hydrogen-bond acceptors (Lipinski definition) is 11. The zero-order valence-electron chi connectivity index (χ0n) is 17.2. The Bertz CT molecular complexity index is 799. The fourth-order valence-corrected chi connectivity index (χ4v) is 6.51. The Kier molecular flexibility index (Phi) is 9.14. The number of nitrogens with two attached hydrogens (primary N) is 2. The van der Waals surface area contributed by atoms with E-state index in [9.17, 15) is 14.4 Å². The third-order valence-corrected chi connectivity index (χ3v) is 8.19. The van der Waals surface area contributed by atoms with Gasteiger partial charge in [0.05, 0.1) is 27.7 Å². The maximum atomic E-state index is 12.3. The minimum Gasteiger partial charge on any atom is -0.463 e. The van der Waals surface area contributed by atoms with Crippen molar-refractivity contribution >= 4 is 41.7 Å². The van der Waals surface area contributed by atoms with Crippen LogP contribution in [0.4, 0.5) is 0 Å². The Balaban J connectivity index is 1.48. The molecule has 13 heteroatoms. The van der Waals surface area contributed by atoms with Crippen molar-refractivity contribution in [2.24, 2.45) is 11.5 Å². The first-order valence-corrected chi connectivity index (χ1v) is 11.9. The first kappa shape index (κ1) is 24.3. The predicted molar refractivity (Wildman–Crippen MR) is 120 cm³/mol. The number of aromatic amines is 2. The Hall–Kier alpha value is -2.35. The lowest BCUT2D eigenvalue weighted by Gasteiger charge is -2.20. The summed E-state index contributed by atoms with van der Waals surface area (Å²) in [6.07, 6.45) is 8.00. The first-order valence-electron chi connectivity index (χ1n) is 9.99. The highest BCUT2D eigenvalue weighted by molar-refractivity contribution is 8.20. The van der Waals surface area contributed by atoms with E-state index in [1.54, 1.807) is 12.4 Å². The van der Waals surface area contributed by atoms with E-state index in [2.05, 4.69) is 19.9 Å². The Morgan fingerprint density at radius 1 is 0.969 bits per heavy atom. The molecular formula is C19H26N6O5S2. The van der Waals surface area contributed by atoms with Gasteiger partial charge >= 0.3 is 11.9 Å². The van der Waals surface area contributed by atoms with Crippen LogP contribution in [0.15, 0.2) is 25.0 Å². The largest absolute Gasteiger partial charge is 0.463 e. The molecule has 0 aromatic carbocycles. The number of esters is 2. The van der Waals surface area contributed by atoms with Crippen molar-refractivity contribution in [3.63, 3.8) is 0 Å². The summed E-state index contributed by atoms with van der Waals surface area (Å²) in [4.78, 5) is 49.1. The molecule has 3 heterocycles. The highest BCUT2D eigenvalue weighted by atomic mass is 32.2. The molecule has 174 valence electrons. The number of thioether (sulfide) groups is 2. The van der Waals surface area contributed by atoms with Crippen LogP contribution in [0.25, 0.3) is 0 Å². The van der Waals surface area contributed by atoms with Gasteiger partial charge < -0.3 is 35.7 Å². The number of nitrogens with zero attached hydrogens (tertiary/aromatic N) is 2. The van der Waals surface area contributed by atoms with Crippen LogP contribution in [-0.2, 0) is 36.7 Å². The lowest BCUT2D eigenvalue weighted by atomic mass is 10.2. The van der Waals surface area contributed by atoms with Crippen molar-refractivity contribution in [3.05, 3.63) is 36.4 Å². The van der Waals surface area contributed by atoms with Gasteiger partial charge in [0.15, 0.2) is 0 Å². The highest BCUT2D eigenvalue weighted by Gasteiger charge is 2.37. The van der Waals surface area contributed by atoms with Crippen LogP contribution in [0.2, 0.25) is 0 Å². The smallest absolute Gasteiger partial charge is 0.323 e. The summed E-state index contributed by atoms with van der Waals surface area (Å²) >= 11 is 3.06. The number of H-pyrrole nitrogens is 2. The Morgan fingerprint density at radius 3 is 1.81 bits per heavy atom. The molecule has 2 aromatic heterocycles. The van der Waals surface area contributed by atoms with Gasteiger partial charge in [0, 0.05) is 43.0 Å². The number of carbonyl (C=O) groups excluding carboxylic acids is 3. The molecule has 0 spiro atoms. The summed E-state index contributed by atoms with van der Waals surface area (Å²) < 4.78 is 10.8. The van der Waals surface area contributed by atoms with Crippen molar-refractivity contribution in [2.75, 3.05) is 13.2 Å². The molecule has 0 amide bonds. The number of rotatable bonds is 12. The summed E-state index contributed by atoms with van der Waals surface area (Å²) in [6.45, 7) is 0.204. The maximum absolute atomic E-state index is 12.3. The number of hydrogen-bond donors (Lipinski definition) is 4. The van der Waals surface area contributed by atoms with Gasteiger partial charge in [0.1, 0.15) is 31.6 Å². The Labute approximate surface area is 193 Å². The molecule has 11 nitrogen and oxygen atoms in total. The van der Waals surface area contributed by atoms with E-state index in [1.807, 2.05) is 0 Å². The van der Waals surface area contributed by atoms with Crippen molar-refractivity contribution in [3.8, 4) is 0 Å². The third kappa shape index (κ3) is 7.08. The normalized spacial score (nSPS) is 22.2. The SMILES string of the molecule is N[C@@H](Cc1cnc[nH]1)C(=O)OC[C@@H]1SC(CC=O)S[C@@H]1COC(=O)[C@@H](N)Cc1cnc[nH]1. The zero-order chi connectivity index (χ0) is 22.9. The lowest BCUT2D eigenvalue weighted by molar-refractivity contribution is -0.147. The van der Waals surface area contributed by atoms with Crippen LogP contribution in [0.1, 0.15) is 17.8 Å². The van der Waals surface area contributed by atoms with E-state index >= 15 is 0 Å². The quantitative estimate of drug-likeness (QED) is 0.232. The van der Waals surface area contributed by atoms with Crippen LogP contribution in [-0.4, -0.2) is 78.5 Å². The molecule has 1 aliphatic rings. The molecule has 1 saturated heterocycles. The molecule has 0 saturated carbocycles. The van der Waals surface area contributed by atoms with Gasteiger partial charge in [-0.2, -0.15) is 0 Å². The molecule has 5 atom stereocenters. The number of nitrogens with one attached hydrogen (secondary N) is 2. The van der Waals surface area contributed by atoms with Gasteiger partial charge in [-0.3, -0.25) is 9.59 Å². The van der Waals surface area contributed by atoms with Crippen LogP contribution in [0.3, 0.4) is 0 Å². The molecule has 2 aromatic rings. The fourth-order valence-electron chi connectivity index (χ4n) is 3.06. The molecule has 0 bridgehead atoms. The molecule has 3 rings (SSSR count).